The second kappa shape index (κ2) is 7.87. The number of nitrogens with zero attached hydrogens (tertiary/aromatic N) is 2. The zero-order valence-electron chi connectivity index (χ0n) is 14.4. The number of nitrogens with one attached hydrogen (secondary N) is 1. The first-order chi connectivity index (χ1) is 11.9. The number of carbonyl (C=O) groups is 2. The lowest BCUT2D eigenvalue weighted by Crippen LogP contribution is -2.58. The van der Waals surface area contributed by atoms with Gasteiger partial charge in [0.25, 0.3) is 0 Å². The third-order valence-corrected chi connectivity index (χ3v) is 4.02. The molecule has 3 N–H and O–H groups in total. The van der Waals surface area contributed by atoms with E-state index in [1.54, 1.807) is 0 Å². The van der Waals surface area contributed by atoms with Gasteiger partial charge in [-0.25, -0.2) is 9.59 Å². The van der Waals surface area contributed by atoms with Crippen molar-refractivity contribution < 1.29 is 24.5 Å². The van der Waals surface area contributed by atoms with E-state index in [1.165, 1.54) is 0 Å². The summed E-state index contributed by atoms with van der Waals surface area (Å²) < 4.78 is 6.38. The fourth-order valence-corrected chi connectivity index (χ4v) is 3.05. The quantitative estimate of drug-likeness (QED) is 0.703. The summed E-state index contributed by atoms with van der Waals surface area (Å²) in [5.41, 5.74) is 0.849. The van der Waals surface area contributed by atoms with Gasteiger partial charge in [0.15, 0.2) is 5.60 Å². The monoisotopic (exact) mass is 349 g/mol. The average Bonchev–Trinajstić information content (AvgIpc) is 3.11. The number of benzene rings is 1. The van der Waals surface area contributed by atoms with Gasteiger partial charge in [0.1, 0.15) is 11.6 Å². The minimum atomic E-state index is -1.82. The van der Waals surface area contributed by atoms with Crippen molar-refractivity contribution >= 4 is 23.5 Å². The summed E-state index contributed by atoms with van der Waals surface area (Å²) >= 11 is 0. The van der Waals surface area contributed by atoms with E-state index in [9.17, 15) is 0 Å². The largest absolute Gasteiger partial charge is 0.475 e. The smallest absolute Gasteiger partial charge is 0.414 e. The van der Waals surface area contributed by atoms with Crippen LogP contribution in [0.25, 0.3) is 0 Å². The van der Waals surface area contributed by atoms with Crippen LogP contribution in [0, 0.1) is 0 Å². The maximum atomic E-state index is 9.10. The number of hydrogen-bond donors (Lipinski definition) is 3. The molecule has 0 fully saturated rings. The third kappa shape index (κ3) is 4.20. The summed E-state index contributed by atoms with van der Waals surface area (Å²) in [6.07, 6.45) is 2.06. The molecule has 2 heterocycles. The molecule has 0 bridgehead atoms. The minimum Gasteiger partial charge on any atom is -0.475 e. The van der Waals surface area contributed by atoms with Crippen molar-refractivity contribution in [2.24, 2.45) is 4.99 Å². The number of aliphatic carboxylic acids is 2. The van der Waals surface area contributed by atoms with E-state index in [2.05, 4.69) is 41.3 Å². The fourth-order valence-electron chi connectivity index (χ4n) is 3.05. The standard InChI is InChI=1S/C15H21N3O.C2H2O4/c1-3-8-15(14-16-9-10-17-14)11-18(2)12-6-4-5-7-13(12)19-15;3-1(4)2(5)6/h4-7H,3,8-11H2,1-2H3,(H,16,17);(H,3,4)(H,5,6). The van der Waals surface area contributed by atoms with Crippen LogP contribution in [0.15, 0.2) is 29.3 Å². The van der Waals surface area contributed by atoms with Gasteiger partial charge >= 0.3 is 11.9 Å². The van der Waals surface area contributed by atoms with E-state index in [0.29, 0.717) is 0 Å². The van der Waals surface area contributed by atoms with Crippen LogP contribution in [-0.4, -0.2) is 60.3 Å². The Labute approximate surface area is 146 Å². The van der Waals surface area contributed by atoms with Crippen molar-refractivity contribution in [2.45, 2.75) is 25.4 Å². The molecule has 2 aliphatic heterocycles. The van der Waals surface area contributed by atoms with Crippen LogP contribution in [0.4, 0.5) is 5.69 Å². The summed E-state index contributed by atoms with van der Waals surface area (Å²) in [5.74, 6) is -1.66. The first kappa shape index (κ1) is 18.6. The van der Waals surface area contributed by atoms with E-state index in [1.807, 2.05) is 12.1 Å². The zero-order chi connectivity index (χ0) is 18.4. The van der Waals surface area contributed by atoms with E-state index in [4.69, 9.17) is 24.5 Å². The van der Waals surface area contributed by atoms with Gasteiger partial charge in [-0.3, -0.25) is 4.99 Å². The molecule has 0 spiro atoms. The normalized spacial score (nSPS) is 21.0. The average molecular weight is 349 g/mol. The minimum absolute atomic E-state index is 0.311. The van der Waals surface area contributed by atoms with Gasteiger partial charge in [-0.2, -0.15) is 0 Å². The highest BCUT2D eigenvalue weighted by molar-refractivity contribution is 6.27. The van der Waals surface area contributed by atoms with Crippen LogP contribution in [0.5, 0.6) is 5.75 Å². The lowest BCUT2D eigenvalue weighted by molar-refractivity contribution is -0.159. The molecule has 0 radical (unpaired) electrons. The number of carboxylic acid groups (broad SMARTS) is 2. The molecule has 136 valence electrons. The summed E-state index contributed by atoms with van der Waals surface area (Å²) in [6.45, 7) is 4.83. The highest BCUT2D eigenvalue weighted by atomic mass is 16.5. The number of aliphatic imine (C=N–C) groups is 1. The van der Waals surface area contributed by atoms with Gasteiger partial charge in [0.2, 0.25) is 0 Å². The molecule has 1 atom stereocenters. The van der Waals surface area contributed by atoms with Gasteiger partial charge in [-0.05, 0) is 18.6 Å². The molecule has 8 nitrogen and oxygen atoms in total. The number of amidine groups is 1. The number of para-hydroxylation sites is 2. The first-order valence-corrected chi connectivity index (χ1v) is 8.14. The van der Waals surface area contributed by atoms with Crippen LogP contribution in [-0.2, 0) is 9.59 Å². The molecule has 25 heavy (non-hydrogen) atoms. The number of likely N-dealkylation sites (N-methyl/N-ethyl adjacent to an activating group) is 1. The Morgan fingerprint density at radius 2 is 2.00 bits per heavy atom. The van der Waals surface area contributed by atoms with Crippen LogP contribution in [0.1, 0.15) is 19.8 Å². The molecule has 8 heteroatoms. The Hall–Kier alpha value is -2.77. The third-order valence-electron chi connectivity index (χ3n) is 4.02. The number of rotatable bonds is 3. The summed E-state index contributed by atoms with van der Waals surface area (Å²) in [4.78, 5) is 25.1. The molecular weight excluding hydrogens is 326 g/mol. The zero-order valence-corrected chi connectivity index (χ0v) is 14.4. The molecule has 2 aliphatic rings. The van der Waals surface area contributed by atoms with Crippen LogP contribution in [0.3, 0.4) is 0 Å². The molecule has 0 saturated carbocycles. The molecule has 1 aromatic carbocycles. The summed E-state index contributed by atoms with van der Waals surface area (Å²) in [7, 11) is 2.13. The van der Waals surface area contributed by atoms with Crippen molar-refractivity contribution in [3.8, 4) is 5.75 Å². The van der Waals surface area contributed by atoms with Crippen molar-refractivity contribution in [2.75, 3.05) is 31.6 Å². The Bertz CT molecular complexity index is 664. The predicted molar refractivity (Wildman–Crippen MR) is 93.6 cm³/mol. The number of hydrogen-bond acceptors (Lipinski definition) is 6. The second-order valence-electron chi connectivity index (χ2n) is 5.94. The molecule has 0 aliphatic carbocycles. The van der Waals surface area contributed by atoms with Crippen LogP contribution < -0.4 is 15.0 Å². The lowest BCUT2D eigenvalue weighted by atomic mass is 9.93. The van der Waals surface area contributed by atoms with Gasteiger partial charge < -0.3 is 25.2 Å². The van der Waals surface area contributed by atoms with Crippen LogP contribution >= 0.6 is 0 Å². The highest BCUT2D eigenvalue weighted by Gasteiger charge is 2.43. The molecule has 0 saturated heterocycles. The maximum absolute atomic E-state index is 9.10. The molecule has 3 rings (SSSR count). The lowest BCUT2D eigenvalue weighted by Gasteiger charge is -2.43. The van der Waals surface area contributed by atoms with Crippen LogP contribution in [0.2, 0.25) is 0 Å². The second-order valence-corrected chi connectivity index (χ2v) is 5.94. The van der Waals surface area contributed by atoms with Gasteiger partial charge in [-0.1, -0.05) is 25.5 Å². The van der Waals surface area contributed by atoms with Crippen molar-refractivity contribution in [1.82, 2.24) is 5.32 Å². The van der Waals surface area contributed by atoms with Gasteiger partial charge in [-0.15, -0.1) is 0 Å². The molecule has 0 aromatic heterocycles. The summed E-state index contributed by atoms with van der Waals surface area (Å²) in [6, 6.07) is 8.23. The molecule has 1 unspecified atom stereocenters. The van der Waals surface area contributed by atoms with E-state index < -0.39 is 11.9 Å². The van der Waals surface area contributed by atoms with Crippen molar-refractivity contribution in [3.63, 3.8) is 0 Å². The Balaban J connectivity index is 0.000000326. The topological polar surface area (TPSA) is 111 Å². The molecule has 1 aromatic rings. The fraction of sp³-hybridized carbons (Fsp3) is 0.471. The van der Waals surface area contributed by atoms with Gasteiger partial charge in [0, 0.05) is 13.6 Å². The molecular formula is C17H23N3O5. The van der Waals surface area contributed by atoms with Crippen molar-refractivity contribution in [1.29, 1.82) is 0 Å². The Morgan fingerprint density at radius 1 is 1.32 bits per heavy atom. The molecule has 0 amide bonds. The highest BCUT2D eigenvalue weighted by Crippen LogP contribution is 2.38. The maximum Gasteiger partial charge on any atom is 0.414 e. The number of anilines is 1. The Morgan fingerprint density at radius 3 is 2.56 bits per heavy atom. The SMILES string of the molecule is CCCC1(C2=NCCN2)CN(C)c2ccccc2O1.O=C(O)C(=O)O. The van der Waals surface area contributed by atoms with E-state index in [0.717, 1.165) is 49.7 Å². The van der Waals surface area contributed by atoms with Crippen molar-refractivity contribution in [3.05, 3.63) is 24.3 Å². The number of fused-ring (bicyclic) bond motifs is 1. The number of ether oxygens (including phenoxy) is 1. The Kier molecular flexibility index (Phi) is 5.84. The predicted octanol–water partition coefficient (Wildman–Crippen LogP) is 1.21. The number of carboxylic acids is 2. The van der Waals surface area contributed by atoms with E-state index in [-0.39, 0.29) is 5.60 Å². The van der Waals surface area contributed by atoms with Gasteiger partial charge in [0.05, 0.1) is 18.8 Å². The van der Waals surface area contributed by atoms with E-state index >= 15 is 0 Å². The first-order valence-electron chi connectivity index (χ1n) is 8.14. The summed E-state index contributed by atoms with van der Waals surface area (Å²) in [5, 5.41) is 18.2.